The normalized spacial score (nSPS) is 11.7. The second-order valence-electron chi connectivity index (χ2n) is 4.25. The van der Waals surface area contributed by atoms with Gasteiger partial charge in [-0.1, -0.05) is 6.08 Å². The lowest BCUT2D eigenvalue weighted by atomic mass is 10.1. The summed E-state index contributed by atoms with van der Waals surface area (Å²) in [6.07, 6.45) is 1.61. The first kappa shape index (κ1) is 15.0. The van der Waals surface area contributed by atoms with E-state index in [1.807, 2.05) is 0 Å². The van der Waals surface area contributed by atoms with E-state index >= 15 is 0 Å². The topological polar surface area (TPSA) is 78.8 Å². The molecule has 0 bridgehead atoms. The van der Waals surface area contributed by atoms with Crippen LogP contribution in [0.1, 0.15) is 22.8 Å². The number of benzene rings is 1. The van der Waals surface area contributed by atoms with Gasteiger partial charge in [-0.2, -0.15) is 0 Å². The summed E-state index contributed by atoms with van der Waals surface area (Å²) in [5, 5.41) is 21.6. The Morgan fingerprint density at radius 2 is 2.26 bits per heavy atom. The van der Waals surface area contributed by atoms with Crippen molar-refractivity contribution in [1.82, 2.24) is 5.32 Å². The Morgan fingerprint density at radius 3 is 2.79 bits per heavy atom. The molecule has 0 aliphatic rings. The summed E-state index contributed by atoms with van der Waals surface area (Å²) in [5.41, 5.74) is 0.934. The van der Waals surface area contributed by atoms with E-state index in [2.05, 4.69) is 11.9 Å². The van der Waals surface area contributed by atoms with Gasteiger partial charge in [-0.15, -0.1) is 6.58 Å². The molecule has 0 aliphatic heterocycles. The largest absolute Gasteiger partial charge is 0.504 e. The standard InChI is InChI=1S/C14H19NO4/c1-4-5-10-6-11(13(17)12(7-10)19-3)14(18)15-8-9(2)16/h4,6-7,9,16-17H,1,5,8H2,2-3H3,(H,15,18). The molecule has 104 valence electrons. The van der Waals surface area contributed by atoms with Crippen LogP contribution in [0.5, 0.6) is 11.5 Å². The highest BCUT2D eigenvalue weighted by atomic mass is 16.5. The number of hydrogen-bond acceptors (Lipinski definition) is 4. The number of phenols is 1. The fourth-order valence-corrected chi connectivity index (χ4v) is 1.61. The monoisotopic (exact) mass is 265 g/mol. The van der Waals surface area contributed by atoms with Gasteiger partial charge in [0, 0.05) is 6.54 Å². The van der Waals surface area contributed by atoms with E-state index in [0.717, 1.165) is 5.56 Å². The van der Waals surface area contributed by atoms with Gasteiger partial charge >= 0.3 is 0 Å². The third-order valence-electron chi connectivity index (χ3n) is 2.54. The van der Waals surface area contributed by atoms with Gasteiger partial charge in [-0.05, 0) is 31.0 Å². The van der Waals surface area contributed by atoms with Gasteiger partial charge in [0.2, 0.25) is 0 Å². The van der Waals surface area contributed by atoms with Crippen molar-refractivity contribution in [3.63, 3.8) is 0 Å². The third-order valence-corrected chi connectivity index (χ3v) is 2.54. The molecular formula is C14H19NO4. The number of carbonyl (C=O) groups excluding carboxylic acids is 1. The Hall–Kier alpha value is -2.01. The van der Waals surface area contributed by atoms with E-state index in [1.54, 1.807) is 25.1 Å². The number of amides is 1. The molecule has 0 fully saturated rings. The van der Waals surface area contributed by atoms with Gasteiger partial charge in [0.1, 0.15) is 0 Å². The van der Waals surface area contributed by atoms with Crippen LogP contribution in [0.2, 0.25) is 0 Å². The number of aliphatic hydroxyl groups excluding tert-OH is 1. The van der Waals surface area contributed by atoms with Crippen molar-refractivity contribution in [3.05, 3.63) is 35.9 Å². The molecule has 3 N–H and O–H groups in total. The molecule has 1 aromatic rings. The number of ether oxygens (including phenoxy) is 1. The molecule has 0 aromatic heterocycles. The summed E-state index contributed by atoms with van der Waals surface area (Å²) in [6, 6.07) is 3.24. The summed E-state index contributed by atoms with van der Waals surface area (Å²) in [7, 11) is 1.42. The number of nitrogens with one attached hydrogen (secondary N) is 1. The second-order valence-corrected chi connectivity index (χ2v) is 4.25. The molecule has 0 saturated heterocycles. The Morgan fingerprint density at radius 1 is 1.58 bits per heavy atom. The fourth-order valence-electron chi connectivity index (χ4n) is 1.61. The molecule has 1 amide bonds. The quantitative estimate of drug-likeness (QED) is 0.676. The molecule has 0 aliphatic carbocycles. The van der Waals surface area contributed by atoms with Crippen molar-refractivity contribution >= 4 is 5.91 Å². The predicted octanol–water partition coefficient (Wildman–Crippen LogP) is 1.24. The molecule has 1 atom stereocenters. The summed E-state index contributed by atoms with van der Waals surface area (Å²) < 4.78 is 5.03. The number of aliphatic hydroxyl groups is 1. The molecule has 5 heteroatoms. The van der Waals surface area contributed by atoms with Crippen LogP contribution in [0.25, 0.3) is 0 Å². The molecule has 1 unspecified atom stereocenters. The average molecular weight is 265 g/mol. The van der Waals surface area contributed by atoms with E-state index in [1.165, 1.54) is 7.11 Å². The molecule has 0 radical (unpaired) electrons. The minimum atomic E-state index is -0.649. The van der Waals surface area contributed by atoms with Gasteiger partial charge in [-0.3, -0.25) is 4.79 Å². The van der Waals surface area contributed by atoms with Gasteiger partial charge in [0.25, 0.3) is 5.91 Å². The van der Waals surface area contributed by atoms with Crippen molar-refractivity contribution < 1.29 is 19.7 Å². The number of phenolic OH excluding ortho intramolecular Hbond substituents is 1. The summed E-state index contributed by atoms with van der Waals surface area (Å²) in [6.45, 7) is 5.31. The van der Waals surface area contributed by atoms with Gasteiger partial charge in [-0.25, -0.2) is 0 Å². The van der Waals surface area contributed by atoms with Crippen LogP contribution in [0.4, 0.5) is 0 Å². The van der Waals surface area contributed by atoms with Crippen LogP contribution in [0.15, 0.2) is 24.8 Å². The Balaban J connectivity index is 3.06. The van der Waals surface area contributed by atoms with E-state index < -0.39 is 12.0 Å². The maximum absolute atomic E-state index is 11.9. The zero-order chi connectivity index (χ0) is 14.4. The maximum Gasteiger partial charge on any atom is 0.255 e. The van der Waals surface area contributed by atoms with Crippen molar-refractivity contribution in [2.45, 2.75) is 19.4 Å². The number of hydrogen-bond donors (Lipinski definition) is 3. The molecule has 1 aromatic carbocycles. The Labute approximate surface area is 112 Å². The Kier molecular flexibility index (Phi) is 5.38. The first-order valence-electron chi connectivity index (χ1n) is 5.96. The van der Waals surface area contributed by atoms with E-state index in [4.69, 9.17) is 9.84 Å². The van der Waals surface area contributed by atoms with Gasteiger partial charge < -0.3 is 20.3 Å². The van der Waals surface area contributed by atoms with Crippen LogP contribution >= 0.6 is 0 Å². The highest BCUT2D eigenvalue weighted by Crippen LogP contribution is 2.31. The smallest absolute Gasteiger partial charge is 0.255 e. The zero-order valence-corrected chi connectivity index (χ0v) is 11.1. The van der Waals surface area contributed by atoms with Crippen LogP contribution in [-0.4, -0.2) is 35.9 Å². The Bertz CT molecular complexity index is 469. The minimum Gasteiger partial charge on any atom is -0.504 e. The first-order valence-corrected chi connectivity index (χ1v) is 5.96. The number of aromatic hydroxyl groups is 1. The van der Waals surface area contributed by atoms with Crippen molar-refractivity contribution in [1.29, 1.82) is 0 Å². The third kappa shape index (κ3) is 3.99. The molecule has 0 spiro atoms. The van der Waals surface area contributed by atoms with E-state index in [9.17, 15) is 9.90 Å². The second kappa shape index (κ2) is 6.80. The number of allylic oxidation sites excluding steroid dienone is 1. The van der Waals surface area contributed by atoms with Crippen LogP contribution in [0, 0.1) is 0 Å². The average Bonchev–Trinajstić information content (AvgIpc) is 2.38. The highest BCUT2D eigenvalue weighted by Gasteiger charge is 2.17. The van der Waals surface area contributed by atoms with Crippen LogP contribution < -0.4 is 10.1 Å². The summed E-state index contributed by atoms with van der Waals surface area (Å²) in [4.78, 5) is 11.9. The lowest BCUT2D eigenvalue weighted by Crippen LogP contribution is -2.30. The lowest BCUT2D eigenvalue weighted by molar-refractivity contribution is 0.0920. The number of methoxy groups -OCH3 is 1. The molecule has 1 rings (SSSR count). The van der Waals surface area contributed by atoms with Crippen LogP contribution in [0.3, 0.4) is 0 Å². The first-order chi connectivity index (χ1) is 8.99. The highest BCUT2D eigenvalue weighted by molar-refractivity contribution is 5.97. The SMILES string of the molecule is C=CCc1cc(OC)c(O)c(C(=O)NCC(C)O)c1. The molecule has 5 nitrogen and oxygen atoms in total. The molecule has 0 saturated carbocycles. The summed E-state index contributed by atoms with van der Waals surface area (Å²) >= 11 is 0. The molecule has 19 heavy (non-hydrogen) atoms. The lowest BCUT2D eigenvalue weighted by Gasteiger charge is -2.12. The number of carbonyl (C=O) groups is 1. The molecule has 0 heterocycles. The summed E-state index contributed by atoms with van der Waals surface area (Å²) in [5.74, 6) is -0.428. The molecular weight excluding hydrogens is 246 g/mol. The zero-order valence-electron chi connectivity index (χ0n) is 11.1. The number of rotatable bonds is 6. The van der Waals surface area contributed by atoms with Crippen LogP contribution in [-0.2, 0) is 6.42 Å². The van der Waals surface area contributed by atoms with E-state index in [0.29, 0.717) is 6.42 Å². The van der Waals surface area contributed by atoms with Gasteiger partial charge in [0.05, 0.1) is 18.8 Å². The minimum absolute atomic E-state index is 0.117. The fraction of sp³-hybridized carbons (Fsp3) is 0.357. The van der Waals surface area contributed by atoms with E-state index in [-0.39, 0.29) is 23.6 Å². The predicted molar refractivity (Wildman–Crippen MR) is 72.6 cm³/mol. The van der Waals surface area contributed by atoms with Gasteiger partial charge in [0.15, 0.2) is 11.5 Å². The van der Waals surface area contributed by atoms with Crippen molar-refractivity contribution in [2.75, 3.05) is 13.7 Å². The maximum atomic E-state index is 11.9. The van der Waals surface area contributed by atoms with Crippen molar-refractivity contribution in [3.8, 4) is 11.5 Å². The van der Waals surface area contributed by atoms with Crippen molar-refractivity contribution in [2.24, 2.45) is 0 Å².